The summed E-state index contributed by atoms with van der Waals surface area (Å²) in [6, 6.07) is 6.84. The normalized spacial score (nSPS) is 20.9. The third-order valence-electron chi connectivity index (χ3n) is 7.58. The van der Waals surface area contributed by atoms with Crippen molar-refractivity contribution in [1.82, 2.24) is 9.80 Å². The van der Waals surface area contributed by atoms with E-state index in [9.17, 15) is 4.79 Å². The summed E-state index contributed by atoms with van der Waals surface area (Å²) in [7, 11) is 6.67. The van der Waals surface area contributed by atoms with E-state index in [1.54, 1.807) is 0 Å². The lowest BCUT2D eigenvalue weighted by Gasteiger charge is -2.31. The first-order chi connectivity index (χ1) is 16.7. The SMILES string of the molecule is CCCCN(CCC[N+](C)(C)C)C(=O)CN1C[C@H](c2ccc3c(c2)OCO3)C[C@@H]1CC(C)CCC. The summed E-state index contributed by atoms with van der Waals surface area (Å²) in [6.07, 6.45) is 7.99. The molecule has 2 aliphatic rings. The first-order valence-electron chi connectivity index (χ1n) is 13.9. The molecule has 3 atom stereocenters. The minimum absolute atomic E-state index is 0.305. The van der Waals surface area contributed by atoms with E-state index in [1.165, 1.54) is 24.8 Å². The Hall–Kier alpha value is -1.79. The van der Waals surface area contributed by atoms with Crippen molar-refractivity contribution in [2.75, 3.05) is 60.7 Å². The number of benzene rings is 1. The van der Waals surface area contributed by atoms with E-state index >= 15 is 0 Å². The van der Waals surface area contributed by atoms with E-state index in [2.05, 4.69) is 63.8 Å². The minimum atomic E-state index is 0.305. The van der Waals surface area contributed by atoms with Gasteiger partial charge in [-0.15, -0.1) is 0 Å². The summed E-state index contributed by atoms with van der Waals surface area (Å²) in [5.74, 6) is 3.11. The van der Waals surface area contributed by atoms with E-state index in [0.717, 1.165) is 67.8 Å². The number of ether oxygens (including phenoxy) is 2. The van der Waals surface area contributed by atoms with E-state index in [1.807, 2.05) is 6.07 Å². The highest BCUT2D eigenvalue weighted by Gasteiger charge is 2.36. The number of quaternary nitrogens is 1. The minimum Gasteiger partial charge on any atom is -0.454 e. The van der Waals surface area contributed by atoms with E-state index in [-0.39, 0.29) is 0 Å². The number of hydrogen-bond acceptors (Lipinski definition) is 4. The third-order valence-corrected chi connectivity index (χ3v) is 7.58. The molecule has 1 saturated heterocycles. The highest BCUT2D eigenvalue weighted by molar-refractivity contribution is 5.78. The van der Waals surface area contributed by atoms with Crippen LogP contribution < -0.4 is 9.47 Å². The Kier molecular flexibility index (Phi) is 10.3. The topological polar surface area (TPSA) is 42.0 Å². The van der Waals surface area contributed by atoms with Gasteiger partial charge in [0, 0.05) is 32.1 Å². The summed E-state index contributed by atoms with van der Waals surface area (Å²) in [6.45, 7) is 11.5. The first-order valence-corrected chi connectivity index (χ1v) is 13.9. The standard InChI is InChI=1S/C29H50N3O3/c1-7-9-14-30(15-10-16-32(4,5)6)29(33)21-31-20-25(18-26(31)17-23(3)11-8-2)24-12-13-27-28(19-24)35-22-34-27/h12-13,19,23,25-26H,7-11,14-18,20-22H2,1-6H3/q+1/t23?,25-,26+/m1/s1. The van der Waals surface area contributed by atoms with Crippen LogP contribution in [0.4, 0.5) is 0 Å². The fraction of sp³-hybridized carbons (Fsp3) is 0.759. The lowest BCUT2D eigenvalue weighted by Crippen LogP contribution is -2.44. The maximum Gasteiger partial charge on any atom is 0.236 e. The van der Waals surface area contributed by atoms with Gasteiger partial charge in [0.25, 0.3) is 0 Å². The molecule has 35 heavy (non-hydrogen) atoms. The Balaban J connectivity index is 1.69. The summed E-state index contributed by atoms with van der Waals surface area (Å²) < 4.78 is 12.1. The molecule has 1 unspecified atom stereocenters. The zero-order chi connectivity index (χ0) is 25.4. The number of likely N-dealkylation sites (tertiary alicyclic amines) is 1. The Labute approximate surface area is 214 Å². The quantitative estimate of drug-likeness (QED) is 0.341. The van der Waals surface area contributed by atoms with Gasteiger partial charge in [0.2, 0.25) is 12.7 Å². The monoisotopic (exact) mass is 488 g/mol. The van der Waals surface area contributed by atoms with Gasteiger partial charge in [0.15, 0.2) is 11.5 Å². The summed E-state index contributed by atoms with van der Waals surface area (Å²) in [4.78, 5) is 18.2. The number of hydrogen-bond donors (Lipinski definition) is 0. The smallest absolute Gasteiger partial charge is 0.236 e. The Morgan fingerprint density at radius 3 is 2.57 bits per heavy atom. The van der Waals surface area contributed by atoms with Crippen LogP contribution in [0.2, 0.25) is 0 Å². The van der Waals surface area contributed by atoms with Gasteiger partial charge >= 0.3 is 0 Å². The Bertz CT molecular complexity index is 807. The number of unbranched alkanes of at least 4 members (excludes halogenated alkanes) is 1. The van der Waals surface area contributed by atoms with Crippen molar-refractivity contribution in [3.05, 3.63) is 23.8 Å². The summed E-state index contributed by atoms with van der Waals surface area (Å²) in [5.41, 5.74) is 1.31. The predicted octanol–water partition coefficient (Wildman–Crippen LogP) is 5.12. The van der Waals surface area contributed by atoms with Crippen LogP contribution >= 0.6 is 0 Å². The molecule has 6 nitrogen and oxygen atoms in total. The molecular formula is C29H50N3O3+. The van der Waals surface area contributed by atoms with Crippen LogP contribution in [0.15, 0.2) is 18.2 Å². The molecule has 0 aliphatic carbocycles. The van der Waals surface area contributed by atoms with Crippen LogP contribution in [0.3, 0.4) is 0 Å². The highest BCUT2D eigenvalue weighted by Crippen LogP contribution is 2.40. The molecule has 1 aromatic rings. The molecule has 0 radical (unpaired) electrons. The highest BCUT2D eigenvalue weighted by atomic mass is 16.7. The van der Waals surface area contributed by atoms with Gasteiger partial charge < -0.3 is 18.9 Å². The fourth-order valence-electron chi connectivity index (χ4n) is 5.63. The second kappa shape index (κ2) is 13.0. The van der Waals surface area contributed by atoms with Gasteiger partial charge in [0.1, 0.15) is 0 Å². The lowest BCUT2D eigenvalue weighted by molar-refractivity contribution is -0.870. The van der Waals surface area contributed by atoms with Crippen LogP contribution in [0.1, 0.15) is 77.2 Å². The second-order valence-corrected chi connectivity index (χ2v) is 11.9. The number of amides is 1. The molecular weight excluding hydrogens is 438 g/mol. The van der Waals surface area contributed by atoms with Crippen LogP contribution in [0, 0.1) is 5.92 Å². The van der Waals surface area contributed by atoms with Gasteiger partial charge in [-0.2, -0.15) is 0 Å². The number of fused-ring (bicyclic) bond motifs is 1. The molecule has 2 aliphatic heterocycles. The van der Waals surface area contributed by atoms with E-state index in [4.69, 9.17) is 9.47 Å². The van der Waals surface area contributed by atoms with Gasteiger partial charge in [-0.3, -0.25) is 9.69 Å². The maximum absolute atomic E-state index is 13.6. The lowest BCUT2D eigenvalue weighted by atomic mass is 9.91. The van der Waals surface area contributed by atoms with Crippen LogP contribution in [-0.4, -0.2) is 86.9 Å². The van der Waals surface area contributed by atoms with Crippen LogP contribution in [-0.2, 0) is 4.79 Å². The van der Waals surface area contributed by atoms with Crippen LogP contribution in [0.5, 0.6) is 11.5 Å². The van der Waals surface area contributed by atoms with Gasteiger partial charge in [-0.1, -0.05) is 46.1 Å². The van der Waals surface area contributed by atoms with Crippen molar-refractivity contribution >= 4 is 5.91 Å². The van der Waals surface area contributed by atoms with Crippen molar-refractivity contribution in [3.63, 3.8) is 0 Å². The molecule has 0 saturated carbocycles. The average Bonchev–Trinajstić information content (AvgIpc) is 3.42. The maximum atomic E-state index is 13.6. The van der Waals surface area contributed by atoms with Crippen molar-refractivity contribution in [2.45, 2.75) is 77.7 Å². The molecule has 1 amide bonds. The van der Waals surface area contributed by atoms with Gasteiger partial charge in [-0.25, -0.2) is 0 Å². The molecule has 0 aromatic heterocycles. The molecule has 0 spiro atoms. The van der Waals surface area contributed by atoms with Crippen molar-refractivity contribution in [3.8, 4) is 11.5 Å². The van der Waals surface area contributed by atoms with Crippen molar-refractivity contribution < 1.29 is 18.8 Å². The fourth-order valence-corrected chi connectivity index (χ4v) is 5.63. The summed E-state index contributed by atoms with van der Waals surface area (Å²) in [5, 5.41) is 0. The molecule has 3 rings (SSSR count). The number of carbonyl (C=O) groups excluding carboxylic acids is 1. The third kappa shape index (κ3) is 8.38. The second-order valence-electron chi connectivity index (χ2n) is 11.9. The van der Waals surface area contributed by atoms with Gasteiger partial charge in [0.05, 0.1) is 34.2 Å². The van der Waals surface area contributed by atoms with E-state index < -0.39 is 0 Å². The molecule has 1 fully saturated rings. The number of rotatable bonds is 14. The first kappa shape index (κ1) is 27.8. The number of nitrogens with zero attached hydrogens (tertiary/aromatic N) is 3. The van der Waals surface area contributed by atoms with Gasteiger partial charge in [-0.05, 0) is 48.8 Å². The zero-order valence-corrected chi connectivity index (χ0v) is 23.2. The Morgan fingerprint density at radius 1 is 1.11 bits per heavy atom. The predicted molar refractivity (Wildman–Crippen MR) is 143 cm³/mol. The Morgan fingerprint density at radius 2 is 1.86 bits per heavy atom. The molecule has 6 heteroatoms. The molecule has 2 heterocycles. The molecule has 0 bridgehead atoms. The number of carbonyl (C=O) groups is 1. The molecule has 198 valence electrons. The zero-order valence-electron chi connectivity index (χ0n) is 23.2. The van der Waals surface area contributed by atoms with E-state index in [0.29, 0.717) is 37.1 Å². The summed E-state index contributed by atoms with van der Waals surface area (Å²) >= 11 is 0. The largest absolute Gasteiger partial charge is 0.454 e. The van der Waals surface area contributed by atoms with Crippen molar-refractivity contribution in [1.29, 1.82) is 0 Å². The van der Waals surface area contributed by atoms with Crippen molar-refractivity contribution in [2.24, 2.45) is 5.92 Å². The average molecular weight is 489 g/mol. The molecule has 0 N–H and O–H groups in total. The molecule has 1 aromatic carbocycles. The van der Waals surface area contributed by atoms with Crippen LogP contribution in [0.25, 0.3) is 0 Å².